The first kappa shape index (κ1) is 19.0. The molecule has 3 N–H and O–H groups in total. The lowest BCUT2D eigenvalue weighted by Gasteiger charge is -2.08. The van der Waals surface area contributed by atoms with Crippen molar-refractivity contribution >= 4 is 46.7 Å². The van der Waals surface area contributed by atoms with Gasteiger partial charge in [-0.2, -0.15) is 14.9 Å². The monoisotopic (exact) mass is 424 g/mol. The lowest BCUT2D eigenvalue weighted by molar-refractivity contribution is 0.450. The van der Waals surface area contributed by atoms with E-state index < -0.39 is 17.1 Å². The lowest BCUT2D eigenvalue weighted by atomic mass is 10.2. The molecule has 0 aliphatic heterocycles. The van der Waals surface area contributed by atoms with Crippen LogP contribution in [0.15, 0.2) is 52.5 Å². The predicted octanol–water partition coefficient (Wildman–Crippen LogP) is 4.05. The molecule has 138 valence electrons. The molecule has 1 heterocycles. The molecule has 27 heavy (non-hydrogen) atoms. The van der Waals surface area contributed by atoms with E-state index in [0.29, 0.717) is 5.69 Å². The van der Waals surface area contributed by atoms with E-state index >= 15 is 0 Å². The molecule has 0 aliphatic carbocycles. The van der Waals surface area contributed by atoms with E-state index in [2.05, 4.69) is 15.6 Å². The minimum Gasteiger partial charge on any atom is -0.506 e. The van der Waals surface area contributed by atoms with Gasteiger partial charge >= 0.3 is 0 Å². The zero-order valence-electron chi connectivity index (χ0n) is 13.4. The van der Waals surface area contributed by atoms with Gasteiger partial charge in [-0.15, -0.1) is 0 Å². The molecule has 3 rings (SSSR count). The standard InChI is InChI=1S/C17H11Cl3N4O3/c18-11-6-9(15(25)14(20)16(11)26)7-21-23-12-8-22-24(17(27)13(12)19)10-4-2-1-3-5-10/h1-8,23,25-26H/b21-7-. The highest BCUT2D eigenvalue weighted by molar-refractivity contribution is 6.38. The van der Waals surface area contributed by atoms with Gasteiger partial charge in [-0.05, 0) is 18.2 Å². The minimum atomic E-state index is -0.526. The Morgan fingerprint density at radius 2 is 1.78 bits per heavy atom. The van der Waals surface area contributed by atoms with Crippen LogP contribution in [-0.2, 0) is 0 Å². The van der Waals surface area contributed by atoms with Crippen LogP contribution in [0.1, 0.15) is 5.56 Å². The fourth-order valence-electron chi connectivity index (χ4n) is 2.15. The second-order valence-electron chi connectivity index (χ2n) is 5.25. The number of rotatable bonds is 4. The van der Waals surface area contributed by atoms with E-state index in [1.165, 1.54) is 18.5 Å². The maximum absolute atomic E-state index is 12.4. The second kappa shape index (κ2) is 7.87. The summed E-state index contributed by atoms with van der Waals surface area (Å²) in [6, 6.07) is 10.1. The highest BCUT2D eigenvalue weighted by Gasteiger charge is 2.14. The van der Waals surface area contributed by atoms with E-state index in [1.54, 1.807) is 24.3 Å². The summed E-state index contributed by atoms with van der Waals surface area (Å²) in [6.45, 7) is 0. The van der Waals surface area contributed by atoms with Crippen LogP contribution < -0.4 is 11.0 Å². The van der Waals surface area contributed by atoms with Crippen molar-refractivity contribution in [2.24, 2.45) is 5.10 Å². The van der Waals surface area contributed by atoms with Crippen LogP contribution in [0.2, 0.25) is 15.1 Å². The number of nitrogens with zero attached hydrogens (tertiary/aromatic N) is 3. The molecule has 0 bridgehead atoms. The van der Waals surface area contributed by atoms with Gasteiger partial charge in [0.05, 0.1) is 23.1 Å². The summed E-state index contributed by atoms with van der Waals surface area (Å²) in [4.78, 5) is 12.4. The zero-order chi connectivity index (χ0) is 19.6. The van der Waals surface area contributed by atoms with Crippen LogP contribution in [0.3, 0.4) is 0 Å². The third-order valence-electron chi connectivity index (χ3n) is 3.51. The first-order valence-corrected chi connectivity index (χ1v) is 8.55. The van der Waals surface area contributed by atoms with E-state index in [1.807, 2.05) is 6.07 Å². The van der Waals surface area contributed by atoms with E-state index in [0.717, 1.165) is 4.68 Å². The number of anilines is 1. The molecule has 2 aromatic carbocycles. The van der Waals surface area contributed by atoms with Crippen molar-refractivity contribution in [1.29, 1.82) is 0 Å². The molecule has 0 unspecified atom stereocenters. The van der Waals surface area contributed by atoms with Crippen LogP contribution >= 0.6 is 34.8 Å². The number of hydrogen-bond acceptors (Lipinski definition) is 6. The largest absolute Gasteiger partial charge is 0.506 e. The van der Waals surface area contributed by atoms with Gasteiger partial charge in [0, 0.05) is 5.56 Å². The van der Waals surface area contributed by atoms with Crippen LogP contribution in [0.4, 0.5) is 5.69 Å². The fourth-order valence-corrected chi connectivity index (χ4v) is 2.79. The van der Waals surface area contributed by atoms with Crippen LogP contribution in [-0.4, -0.2) is 26.2 Å². The maximum Gasteiger partial charge on any atom is 0.292 e. The third kappa shape index (κ3) is 3.85. The highest BCUT2D eigenvalue weighted by Crippen LogP contribution is 2.40. The predicted molar refractivity (Wildman–Crippen MR) is 106 cm³/mol. The summed E-state index contributed by atoms with van der Waals surface area (Å²) in [5.41, 5.74) is 2.92. The number of phenols is 2. The summed E-state index contributed by atoms with van der Waals surface area (Å²) in [6.07, 6.45) is 2.54. The molecule has 0 radical (unpaired) electrons. The number of para-hydroxylation sites is 1. The van der Waals surface area contributed by atoms with Crippen molar-refractivity contribution in [3.63, 3.8) is 0 Å². The molecule has 0 atom stereocenters. The fraction of sp³-hybridized carbons (Fsp3) is 0. The quantitative estimate of drug-likeness (QED) is 0.432. The summed E-state index contributed by atoms with van der Waals surface area (Å²) in [7, 11) is 0. The summed E-state index contributed by atoms with van der Waals surface area (Å²) < 4.78 is 1.16. The van der Waals surface area contributed by atoms with Crippen molar-refractivity contribution in [3.8, 4) is 17.2 Å². The van der Waals surface area contributed by atoms with Gasteiger partial charge < -0.3 is 10.2 Å². The SMILES string of the molecule is O=c1c(Cl)c(N/N=C\c2cc(Cl)c(O)c(Cl)c2O)cnn1-c1ccccc1. The Bertz CT molecular complexity index is 1090. The van der Waals surface area contributed by atoms with Gasteiger partial charge in [-0.1, -0.05) is 53.0 Å². The molecule has 0 spiro atoms. The normalized spacial score (nSPS) is 11.1. The number of nitrogens with one attached hydrogen (secondary N) is 1. The molecule has 0 aliphatic rings. The van der Waals surface area contributed by atoms with Crippen LogP contribution in [0.25, 0.3) is 5.69 Å². The van der Waals surface area contributed by atoms with E-state index in [4.69, 9.17) is 34.8 Å². The number of benzene rings is 2. The third-order valence-corrected chi connectivity index (χ3v) is 4.52. The number of halogens is 3. The topological polar surface area (TPSA) is 99.7 Å². The molecule has 0 fully saturated rings. The van der Waals surface area contributed by atoms with Crippen molar-refractivity contribution in [1.82, 2.24) is 9.78 Å². The van der Waals surface area contributed by atoms with Gasteiger partial charge in [0.1, 0.15) is 21.5 Å². The first-order chi connectivity index (χ1) is 12.9. The molecule has 1 aromatic heterocycles. The molecular formula is C17H11Cl3N4O3. The Hall–Kier alpha value is -2.74. The molecule has 10 heteroatoms. The minimum absolute atomic E-state index is 0.0515. The molecule has 3 aromatic rings. The molecule has 0 saturated heterocycles. The Balaban J connectivity index is 1.87. The molecule has 0 amide bonds. The number of hydrogen-bond donors (Lipinski definition) is 3. The molecule has 7 nitrogen and oxygen atoms in total. The van der Waals surface area contributed by atoms with Gasteiger partial charge in [-0.3, -0.25) is 10.2 Å². The van der Waals surface area contributed by atoms with Crippen LogP contribution in [0.5, 0.6) is 11.5 Å². The smallest absolute Gasteiger partial charge is 0.292 e. The average Bonchev–Trinajstić information content (AvgIpc) is 2.68. The summed E-state index contributed by atoms with van der Waals surface area (Å²) in [5.74, 6) is -0.828. The van der Waals surface area contributed by atoms with E-state index in [-0.39, 0.29) is 26.3 Å². The Morgan fingerprint density at radius 1 is 1.07 bits per heavy atom. The Labute approximate surface area is 168 Å². The van der Waals surface area contributed by atoms with Crippen molar-refractivity contribution in [2.45, 2.75) is 0 Å². The Morgan fingerprint density at radius 3 is 2.48 bits per heavy atom. The van der Waals surface area contributed by atoms with Gasteiger partial charge in [0.2, 0.25) is 0 Å². The number of aromatic nitrogens is 2. The van der Waals surface area contributed by atoms with Gasteiger partial charge in [0.15, 0.2) is 5.75 Å². The van der Waals surface area contributed by atoms with E-state index in [9.17, 15) is 15.0 Å². The van der Waals surface area contributed by atoms with Gasteiger partial charge in [-0.25, -0.2) is 0 Å². The average molecular weight is 426 g/mol. The zero-order valence-corrected chi connectivity index (χ0v) is 15.7. The number of aromatic hydroxyl groups is 2. The highest BCUT2D eigenvalue weighted by atomic mass is 35.5. The second-order valence-corrected chi connectivity index (χ2v) is 6.42. The van der Waals surface area contributed by atoms with Crippen molar-refractivity contribution in [3.05, 3.63) is 73.6 Å². The van der Waals surface area contributed by atoms with Crippen molar-refractivity contribution in [2.75, 3.05) is 5.43 Å². The summed E-state index contributed by atoms with van der Waals surface area (Å²) in [5, 5.41) is 26.9. The first-order valence-electron chi connectivity index (χ1n) is 7.42. The molecule has 0 saturated carbocycles. The van der Waals surface area contributed by atoms with Gasteiger partial charge in [0.25, 0.3) is 5.56 Å². The lowest BCUT2D eigenvalue weighted by Crippen LogP contribution is -2.22. The number of phenolic OH excluding ortho intramolecular Hbond substituents is 2. The molecular weight excluding hydrogens is 415 g/mol. The maximum atomic E-state index is 12.4. The van der Waals surface area contributed by atoms with Crippen molar-refractivity contribution < 1.29 is 10.2 Å². The Kier molecular flexibility index (Phi) is 5.55. The summed E-state index contributed by atoms with van der Waals surface area (Å²) >= 11 is 17.7. The van der Waals surface area contributed by atoms with Crippen LogP contribution in [0, 0.1) is 0 Å². The number of hydrazone groups is 1.